The first kappa shape index (κ1) is 14.4. The van der Waals surface area contributed by atoms with Crippen LogP contribution >= 0.6 is 38.5 Å². The number of hydrogen-bond donors (Lipinski definition) is 1. The third-order valence-corrected chi connectivity index (χ3v) is 3.86. The molecule has 2 aromatic carbocycles. The fourth-order valence-electron chi connectivity index (χ4n) is 1.42. The van der Waals surface area contributed by atoms with Gasteiger partial charge >= 0.3 is 0 Å². The number of nitrogens with one attached hydrogen (secondary N) is 1. The molecule has 0 aliphatic rings. The Labute approximate surface area is 130 Å². The molecule has 1 amide bonds. The molecule has 0 aromatic heterocycles. The smallest absolute Gasteiger partial charge is 0.255 e. The van der Waals surface area contributed by atoms with Gasteiger partial charge in [0.25, 0.3) is 5.91 Å². The summed E-state index contributed by atoms with van der Waals surface area (Å²) in [6.45, 7) is 0. The second-order valence-corrected chi connectivity index (χ2v) is 5.72. The molecule has 2 rings (SSSR count). The van der Waals surface area contributed by atoms with E-state index in [1.165, 1.54) is 36.4 Å². The van der Waals surface area contributed by atoms with E-state index in [0.29, 0.717) is 14.8 Å². The zero-order chi connectivity index (χ0) is 14.0. The molecule has 0 heterocycles. The van der Waals surface area contributed by atoms with Crippen molar-refractivity contribution in [3.05, 3.63) is 61.6 Å². The van der Waals surface area contributed by atoms with Gasteiger partial charge in [0.2, 0.25) is 0 Å². The fraction of sp³-hybridized carbons (Fsp3) is 0. The molecule has 1 N–H and O–H groups in total. The van der Waals surface area contributed by atoms with Crippen LogP contribution in [0.4, 0.5) is 14.5 Å². The molecule has 0 fully saturated rings. The van der Waals surface area contributed by atoms with Crippen molar-refractivity contribution >= 4 is 50.1 Å². The van der Waals surface area contributed by atoms with Crippen LogP contribution in [0.3, 0.4) is 0 Å². The van der Waals surface area contributed by atoms with E-state index in [-0.39, 0.29) is 16.2 Å². The van der Waals surface area contributed by atoms with Gasteiger partial charge in [0.05, 0.1) is 10.2 Å². The minimum absolute atomic E-state index is 0.217. The Bertz CT molecular complexity index is 649. The minimum Gasteiger partial charge on any atom is -0.321 e. The Morgan fingerprint density at radius 3 is 2.53 bits per heavy atom. The Kier molecular flexibility index (Phi) is 4.51. The van der Waals surface area contributed by atoms with Gasteiger partial charge in [0.15, 0.2) is 0 Å². The highest BCUT2D eigenvalue weighted by molar-refractivity contribution is 14.1. The van der Waals surface area contributed by atoms with Crippen molar-refractivity contribution in [2.75, 3.05) is 5.32 Å². The second-order valence-electron chi connectivity index (χ2n) is 3.71. The number of carbonyl (C=O) groups excluding carboxylic acids is 1. The highest BCUT2D eigenvalue weighted by Crippen LogP contribution is 2.21. The van der Waals surface area contributed by atoms with E-state index in [0.717, 1.165) is 0 Å². The number of halogens is 4. The molecule has 0 aliphatic carbocycles. The van der Waals surface area contributed by atoms with Gasteiger partial charge in [0.1, 0.15) is 11.6 Å². The fourth-order valence-corrected chi connectivity index (χ4v) is 2.41. The molecule has 0 saturated carbocycles. The van der Waals surface area contributed by atoms with Gasteiger partial charge in [-0.25, -0.2) is 8.78 Å². The number of anilines is 1. The molecule has 19 heavy (non-hydrogen) atoms. The summed E-state index contributed by atoms with van der Waals surface area (Å²) in [6, 6.07) is 8.03. The van der Waals surface area contributed by atoms with E-state index >= 15 is 0 Å². The van der Waals surface area contributed by atoms with Gasteiger partial charge in [-0.3, -0.25) is 4.79 Å². The molecule has 0 bridgehead atoms. The second kappa shape index (κ2) is 5.96. The van der Waals surface area contributed by atoms with Gasteiger partial charge in [-0.1, -0.05) is 0 Å². The molecule has 0 spiro atoms. The Morgan fingerprint density at radius 2 is 1.89 bits per heavy atom. The maximum absolute atomic E-state index is 13.1. The lowest BCUT2D eigenvalue weighted by atomic mass is 10.2. The quantitative estimate of drug-likeness (QED) is 0.684. The van der Waals surface area contributed by atoms with Crippen LogP contribution in [0.25, 0.3) is 0 Å². The van der Waals surface area contributed by atoms with E-state index < -0.39 is 5.82 Å². The molecule has 98 valence electrons. The number of hydrogen-bond acceptors (Lipinski definition) is 1. The Hall–Kier alpha value is -1.02. The van der Waals surface area contributed by atoms with E-state index in [4.69, 9.17) is 0 Å². The van der Waals surface area contributed by atoms with E-state index in [2.05, 4.69) is 21.2 Å². The predicted molar refractivity (Wildman–Crippen MR) is 81.2 cm³/mol. The van der Waals surface area contributed by atoms with Crippen LogP contribution in [-0.4, -0.2) is 5.91 Å². The van der Waals surface area contributed by atoms with E-state index in [1.807, 2.05) is 22.6 Å². The summed E-state index contributed by atoms with van der Waals surface area (Å²) in [7, 11) is 0. The molecular formula is C13H7BrF2INO. The maximum atomic E-state index is 13.1. The number of amides is 1. The first-order chi connectivity index (χ1) is 8.97. The predicted octanol–water partition coefficient (Wildman–Crippen LogP) is 4.58. The number of benzene rings is 2. The highest BCUT2D eigenvalue weighted by Gasteiger charge is 2.10. The first-order valence-electron chi connectivity index (χ1n) is 5.19. The summed E-state index contributed by atoms with van der Waals surface area (Å²) in [6.07, 6.45) is 0. The van der Waals surface area contributed by atoms with Crippen LogP contribution < -0.4 is 5.32 Å². The van der Waals surface area contributed by atoms with Crippen molar-refractivity contribution in [2.45, 2.75) is 0 Å². The SMILES string of the molecule is O=C(Nc1ccc(F)cc1I)c1ccc(F)c(Br)c1. The first-order valence-corrected chi connectivity index (χ1v) is 7.06. The average molecular weight is 438 g/mol. The molecule has 0 saturated heterocycles. The maximum Gasteiger partial charge on any atom is 0.255 e. The lowest BCUT2D eigenvalue weighted by Gasteiger charge is -2.08. The molecular weight excluding hydrogens is 431 g/mol. The van der Waals surface area contributed by atoms with Crippen LogP contribution in [0.2, 0.25) is 0 Å². The molecule has 6 heteroatoms. The summed E-state index contributed by atoms with van der Waals surface area (Å²) in [5.74, 6) is -1.19. The van der Waals surface area contributed by atoms with Crippen molar-refractivity contribution in [3.63, 3.8) is 0 Å². The normalized spacial score (nSPS) is 10.3. The zero-order valence-corrected chi connectivity index (χ0v) is 13.1. The third-order valence-electron chi connectivity index (χ3n) is 2.36. The Balaban J connectivity index is 2.23. The van der Waals surface area contributed by atoms with E-state index in [9.17, 15) is 13.6 Å². The van der Waals surface area contributed by atoms with Gasteiger partial charge in [-0.15, -0.1) is 0 Å². The number of carbonyl (C=O) groups is 1. The van der Waals surface area contributed by atoms with Crippen LogP contribution in [0, 0.1) is 15.2 Å². The van der Waals surface area contributed by atoms with Crippen molar-refractivity contribution in [1.82, 2.24) is 0 Å². The van der Waals surface area contributed by atoms with Crippen molar-refractivity contribution < 1.29 is 13.6 Å². The van der Waals surface area contributed by atoms with Crippen LogP contribution in [0.15, 0.2) is 40.9 Å². The lowest BCUT2D eigenvalue weighted by Crippen LogP contribution is -2.13. The molecule has 0 unspecified atom stereocenters. The van der Waals surface area contributed by atoms with Crippen LogP contribution in [0.5, 0.6) is 0 Å². The van der Waals surface area contributed by atoms with Gasteiger partial charge in [0, 0.05) is 9.13 Å². The summed E-state index contributed by atoms with van der Waals surface area (Å²) in [5.41, 5.74) is 0.820. The minimum atomic E-state index is -0.437. The average Bonchev–Trinajstić information content (AvgIpc) is 2.36. The van der Waals surface area contributed by atoms with Gasteiger partial charge in [-0.05, 0) is 74.9 Å². The monoisotopic (exact) mass is 437 g/mol. The Morgan fingerprint density at radius 1 is 1.16 bits per heavy atom. The van der Waals surface area contributed by atoms with Crippen LogP contribution in [0.1, 0.15) is 10.4 Å². The van der Waals surface area contributed by atoms with Gasteiger partial charge < -0.3 is 5.32 Å². The number of rotatable bonds is 2. The third kappa shape index (κ3) is 3.50. The van der Waals surface area contributed by atoms with Crippen molar-refractivity contribution in [2.24, 2.45) is 0 Å². The molecule has 0 atom stereocenters. The summed E-state index contributed by atoms with van der Waals surface area (Å²) in [4.78, 5) is 12.0. The molecule has 0 aliphatic heterocycles. The largest absolute Gasteiger partial charge is 0.321 e. The highest BCUT2D eigenvalue weighted by atomic mass is 127. The zero-order valence-electron chi connectivity index (χ0n) is 9.38. The standard InChI is InChI=1S/C13H7BrF2INO/c14-9-5-7(1-3-10(9)16)13(19)18-12-4-2-8(15)6-11(12)17/h1-6H,(H,18,19). The topological polar surface area (TPSA) is 29.1 Å². The molecule has 2 nitrogen and oxygen atoms in total. The molecule has 0 radical (unpaired) electrons. The molecule has 2 aromatic rings. The van der Waals surface area contributed by atoms with Crippen LogP contribution in [-0.2, 0) is 0 Å². The van der Waals surface area contributed by atoms with Crippen molar-refractivity contribution in [3.8, 4) is 0 Å². The summed E-state index contributed by atoms with van der Waals surface area (Å²) in [5, 5.41) is 2.64. The summed E-state index contributed by atoms with van der Waals surface area (Å²) < 4.78 is 26.8. The summed E-state index contributed by atoms with van der Waals surface area (Å²) >= 11 is 4.94. The van der Waals surface area contributed by atoms with Crippen molar-refractivity contribution in [1.29, 1.82) is 0 Å². The van der Waals surface area contributed by atoms with Gasteiger partial charge in [-0.2, -0.15) is 0 Å². The van der Waals surface area contributed by atoms with E-state index in [1.54, 1.807) is 0 Å². The lowest BCUT2D eigenvalue weighted by molar-refractivity contribution is 0.102.